The quantitative estimate of drug-likeness (QED) is 0.145. The van der Waals surface area contributed by atoms with Gasteiger partial charge in [0.15, 0.2) is 21.4 Å². The van der Waals surface area contributed by atoms with Crippen LogP contribution in [-0.2, 0) is 33.8 Å². The van der Waals surface area contributed by atoms with E-state index in [1.54, 1.807) is 25.7 Å². The van der Waals surface area contributed by atoms with E-state index in [0.717, 1.165) is 44.9 Å². The summed E-state index contributed by atoms with van der Waals surface area (Å²) in [4.78, 5) is 70.7. The van der Waals surface area contributed by atoms with E-state index in [2.05, 4.69) is 13.8 Å². The number of fused-ring (bicyclic) bond motifs is 1. The number of amides is 1. The summed E-state index contributed by atoms with van der Waals surface area (Å²) in [6, 6.07) is -0.676. The lowest BCUT2D eigenvalue weighted by Gasteiger charge is -2.40. The van der Waals surface area contributed by atoms with E-state index in [1.807, 2.05) is 27.7 Å². The SMILES string of the molecule is CCCC[C@H](CC(=O)[C@@H]1[C@@H]2[C@H](CN1C(=O)[C@@H](CC(=O)CC1(CS(=O)(=O)C(C)(C)C)CCCCC1)C(C)(C)C)C2(C)C)C(=O)C(=O)CC1CC1. The first-order valence-electron chi connectivity index (χ1n) is 19.2. The topological polar surface area (TPSA) is 123 Å². The highest BCUT2D eigenvalue weighted by atomic mass is 32.2. The first kappa shape index (κ1) is 39.9. The molecule has 0 aromatic carbocycles. The van der Waals surface area contributed by atoms with E-state index in [9.17, 15) is 32.4 Å². The molecule has 1 aliphatic heterocycles. The summed E-state index contributed by atoms with van der Waals surface area (Å²) in [7, 11) is -3.46. The molecular weight excluding hydrogens is 639 g/mol. The molecular formula is C40H65NO7S. The standard InChI is InChI=1S/C40H65NO7S/c1-10-11-15-27(35(45)32(44)20-26-16-17-26)21-31(43)34-33-30(39(33,8)9)24-41(34)36(46)29(37(2,3)4)22-28(42)23-40(18-13-12-14-19-40)25-49(47,48)38(5,6)7/h26-27,29-30,33-34H,10-25H2,1-9H3/t27-,29-,30+,33+,34-/m1/s1. The molecule has 1 amide bonds. The van der Waals surface area contributed by atoms with Crippen molar-refractivity contribution >= 4 is 38.9 Å². The third kappa shape index (κ3) is 9.13. The van der Waals surface area contributed by atoms with Gasteiger partial charge in [-0.05, 0) is 86.9 Å². The number of hydrogen-bond acceptors (Lipinski definition) is 7. The number of rotatable bonds is 17. The van der Waals surface area contributed by atoms with Crippen LogP contribution in [0.3, 0.4) is 0 Å². The van der Waals surface area contributed by atoms with E-state index < -0.39 is 49.1 Å². The van der Waals surface area contributed by atoms with Crippen molar-refractivity contribution in [2.75, 3.05) is 12.3 Å². The molecule has 5 atom stereocenters. The first-order valence-corrected chi connectivity index (χ1v) is 20.8. The number of unbranched alkanes of at least 4 members (excludes halogenated alkanes) is 1. The van der Waals surface area contributed by atoms with Crippen LogP contribution in [0, 0.1) is 45.8 Å². The molecule has 1 heterocycles. The van der Waals surface area contributed by atoms with Gasteiger partial charge < -0.3 is 4.90 Å². The van der Waals surface area contributed by atoms with Crippen molar-refractivity contribution in [1.82, 2.24) is 4.90 Å². The minimum Gasteiger partial charge on any atom is -0.332 e. The normalized spacial score (nSPS) is 26.1. The molecule has 0 spiro atoms. The fourth-order valence-corrected chi connectivity index (χ4v) is 10.5. The second-order valence-electron chi connectivity index (χ2n) is 19.1. The van der Waals surface area contributed by atoms with Crippen LogP contribution in [-0.4, -0.2) is 65.4 Å². The van der Waals surface area contributed by atoms with Crippen LogP contribution >= 0.6 is 0 Å². The molecule has 49 heavy (non-hydrogen) atoms. The Morgan fingerprint density at radius 2 is 1.51 bits per heavy atom. The van der Waals surface area contributed by atoms with Crippen LogP contribution in [0.1, 0.15) is 152 Å². The van der Waals surface area contributed by atoms with Crippen LogP contribution in [0.25, 0.3) is 0 Å². The third-order valence-corrected chi connectivity index (χ3v) is 15.5. The van der Waals surface area contributed by atoms with Crippen molar-refractivity contribution < 1.29 is 32.4 Å². The van der Waals surface area contributed by atoms with Crippen LogP contribution in [0.5, 0.6) is 0 Å². The highest BCUT2D eigenvalue weighted by Gasteiger charge is 2.69. The Balaban J connectivity index is 1.54. The smallest absolute Gasteiger partial charge is 0.227 e. The fourth-order valence-electron chi connectivity index (χ4n) is 8.91. The number of hydrogen-bond donors (Lipinski definition) is 0. The molecule has 9 heteroatoms. The molecule has 0 radical (unpaired) electrons. The van der Waals surface area contributed by atoms with E-state index in [4.69, 9.17) is 0 Å². The Kier molecular flexibility index (Phi) is 11.9. The maximum atomic E-state index is 14.6. The van der Waals surface area contributed by atoms with Crippen molar-refractivity contribution in [3.63, 3.8) is 0 Å². The highest BCUT2D eigenvalue weighted by Crippen LogP contribution is 2.65. The number of ketones is 4. The average Bonchev–Trinajstić information content (AvgIpc) is 3.83. The minimum absolute atomic E-state index is 0.00304. The van der Waals surface area contributed by atoms with Gasteiger partial charge in [-0.25, -0.2) is 8.42 Å². The molecule has 1 saturated heterocycles. The lowest BCUT2D eigenvalue weighted by molar-refractivity contribution is -0.148. The second kappa shape index (κ2) is 14.6. The van der Waals surface area contributed by atoms with Gasteiger partial charge in [0.25, 0.3) is 0 Å². The van der Waals surface area contributed by atoms with E-state index >= 15 is 0 Å². The summed E-state index contributed by atoms with van der Waals surface area (Å²) in [5.41, 5.74) is -1.31. The number of piperidine rings is 1. The average molecular weight is 704 g/mol. The summed E-state index contributed by atoms with van der Waals surface area (Å²) in [6.07, 6.45) is 8.58. The number of carbonyl (C=O) groups excluding carboxylic acids is 5. The number of sulfone groups is 1. The van der Waals surface area contributed by atoms with Crippen LogP contribution in [0.2, 0.25) is 0 Å². The predicted molar refractivity (Wildman–Crippen MR) is 192 cm³/mol. The highest BCUT2D eigenvalue weighted by molar-refractivity contribution is 7.92. The number of carbonyl (C=O) groups is 5. The van der Waals surface area contributed by atoms with Crippen molar-refractivity contribution in [2.24, 2.45) is 45.8 Å². The van der Waals surface area contributed by atoms with Crippen LogP contribution < -0.4 is 0 Å². The Morgan fingerprint density at radius 1 is 0.898 bits per heavy atom. The summed E-state index contributed by atoms with van der Waals surface area (Å²) in [5.74, 6) is -2.15. The molecule has 3 saturated carbocycles. The van der Waals surface area contributed by atoms with Gasteiger partial charge in [-0.1, -0.05) is 73.6 Å². The van der Waals surface area contributed by atoms with Crippen LogP contribution in [0.15, 0.2) is 0 Å². The third-order valence-electron chi connectivity index (χ3n) is 12.7. The molecule has 3 aliphatic carbocycles. The van der Waals surface area contributed by atoms with Crippen molar-refractivity contribution in [1.29, 1.82) is 0 Å². The Bertz CT molecular complexity index is 1390. The predicted octanol–water partition coefficient (Wildman–Crippen LogP) is 7.35. The molecule has 0 aromatic heterocycles. The molecule has 0 bridgehead atoms. The van der Waals surface area contributed by atoms with Crippen LogP contribution in [0.4, 0.5) is 0 Å². The lowest BCUT2D eigenvalue weighted by Crippen LogP contribution is -2.51. The molecule has 4 fully saturated rings. The van der Waals surface area contributed by atoms with Crippen molar-refractivity contribution in [3.05, 3.63) is 0 Å². The van der Waals surface area contributed by atoms with Gasteiger partial charge in [0, 0.05) is 44.1 Å². The molecule has 8 nitrogen and oxygen atoms in total. The van der Waals surface area contributed by atoms with E-state index in [-0.39, 0.29) is 71.9 Å². The number of Topliss-reactive ketones (excluding diaryl/α,β-unsaturated/α-hetero) is 4. The van der Waals surface area contributed by atoms with Gasteiger partial charge >= 0.3 is 0 Å². The fraction of sp³-hybridized carbons (Fsp3) is 0.875. The summed E-state index contributed by atoms with van der Waals surface area (Å²) < 4.78 is 25.8. The first-order chi connectivity index (χ1) is 22.5. The number of likely N-dealkylation sites (tertiary alicyclic amines) is 1. The molecule has 278 valence electrons. The zero-order chi connectivity index (χ0) is 36.7. The summed E-state index contributed by atoms with van der Waals surface area (Å²) in [5, 5.41) is 0. The largest absolute Gasteiger partial charge is 0.332 e. The zero-order valence-corrected chi connectivity index (χ0v) is 32.8. The van der Waals surface area contributed by atoms with Crippen molar-refractivity contribution in [3.8, 4) is 0 Å². The van der Waals surface area contributed by atoms with Gasteiger partial charge in [-0.15, -0.1) is 0 Å². The minimum atomic E-state index is -3.46. The monoisotopic (exact) mass is 703 g/mol. The van der Waals surface area contributed by atoms with Crippen molar-refractivity contribution in [2.45, 2.75) is 163 Å². The molecule has 4 aliphatic rings. The summed E-state index contributed by atoms with van der Waals surface area (Å²) >= 11 is 0. The van der Waals surface area contributed by atoms with Gasteiger partial charge in [-0.2, -0.15) is 0 Å². The van der Waals surface area contributed by atoms with Gasteiger partial charge in [0.05, 0.1) is 16.5 Å². The maximum Gasteiger partial charge on any atom is 0.227 e. The van der Waals surface area contributed by atoms with Gasteiger partial charge in [0.2, 0.25) is 11.7 Å². The second-order valence-corrected chi connectivity index (χ2v) is 21.8. The maximum absolute atomic E-state index is 14.6. The van der Waals surface area contributed by atoms with Gasteiger partial charge in [-0.3, -0.25) is 24.0 Å². The Hall–Kier alpha value is -1.90. The van der Waals surface area contributed by atoms with Gasteiger partial charge in [0.1, 0.15) is 5.78 Å². The Labute approximate surface area is 296 Å². The lowest BCUT2D eigenvalue weighted by atomic mass is 9.70. The summed E-state index contributed by atoms with van der Waals surface area (Å²) in [6.45, 7) is 17.7. The zero-order valence-electron chi connectivity index (χ0n) is 32.0. The molecule has 0 aromatic rings. The molecule has 0 N–H and O–H groups in total. The van der Waals surface area contributed by atoms with E-state index in [0.29, 0.717) is 31.7 Å². The molecule has 4 rings (SSSR count). The molecule has 0 unspecified atom stereocenters. The Morgan fingerprint density at radius 3 is 2.04 bits per heavy atom. The van der Waals surface area contributed by atoms with E-state index in [1.165, 1.54) is 0 Å². The number of nitrogens with zero attached hydrogens (tertiary/aromatic N) is 1.